The first kappa shape index (κ1) is 21.8. The van der Waals surface area contributed by atoms with Crippen molar-refractivity contribution in [3.05, 3.63) is 22.7 Å². The van der Waals surface area contributed by atoms with Crippen LogP contribution in [0, 0.1) is 5.41 Å². The van der Waals surface area contributed by atoms with Crippen LogP contribution in [0.1, 0.15) is 45.6 Å². The molecule has 1 saturated heterocycles. The summed E-state index contributed by atoms with van der Waals surface area (Å²) >= 11 is 6.39. The molecule has 1 fully saturated rings. The van der Waals surface area contributed by atoms with Gasteiger partial charge in [-0.25, -0.2) is 0 Å². The molecule has 0 amide bonds. The van der Waals surface area contributed by atoms with Crippen LogP contribution in [0.2, 0.25) is 5.02 Å². The van der Waals surface area contributed by atoms with E-state index in [0.717, 1.165) is 5.56 Å². The Hall–Kier alpha value is -1.50. The minimum atomic E-state index is -1.12. The Kier molecular flexibility index (Phi) is 7.77. The summed E-state index contributed by atoms with van der Waals surface area (Å²) in [6.07, 6.45) is 0.776. The molecule has 2 N–H and O–H groups in total. The van der Waals surface area contributed by atoms with E-state index in [1.807, 2.05) is 32.9 Å². The van der Waals surface area contributed by atoms with Gasteiger partial charge in [-0.2, -0.15) is 0 Å². The maximum absolute atomic E-state index is 11.9. The lowest BCUT2D eigenvalue weighted by atomic mass is 9.74. The van der Waals surface area contributed by atoms with E-state index < -0.39 is 17.5 Å². The molecule has 6 nitrogen and oxygen atoms in total. The molecule has 0 spiro atoms. The molecule has 0 bridgehead atoms. The van der Waals surface area contributed by atoms with E-state index in [-0.39, 0.29) is 0 Å². The highest BCUT2D eigenvalue weighted by molar-refractivity contribution is 6.32. The Balaban J connectivity index is 2.24. The minimum Gasteiger partial charge on any atom is -0.490 e. The fourth-order valence-corrected chi connectivity index (χ4v) is 4.11. The molecule has 27 heavy (non-hydrogen) atoms. The number of carboxylic acid groups (broad SMARTS) is 1. The number of aliphatic hydroxyl groups is 1. The first-order valence-corrected chi connectivity index (χ1v) is 9.97. The molecular formula is C20H30ClNO5. The van der Waals surface area contributed by atoms with Crippen molar-refractivity contribution in [3.63, 3.8) is 0 Å². The van der Waals surface area contributed by atoms with Crippen LogP contribution in [-0.4, -0.2) is 53.5 Å². The predicted octanol–water partition coefficient (Wildman–Crippen LogP) is 3.58. The molecule has 0 aromatic heterocycles. The number of piperidine rings is 1. The predicted molar refractivity (Wildman–Crippen MR) is 105 cm³/mol. The number of likely N-dealkylation sites (tertiary alicyclic amines) is 1. The van der Waals surface area contributed by atoms with Crippen molar-refractivity contribution in [2.75, 3.05) is 26.3 Å². The number of benzene rings is 1. The molecule has 1 heterocycles. The highest BCUT2D eigenvalue weighted by Crippen LogP contribution is 2.39. The van der Waals surface area contributed by atoms with Crippen molar-refractivity contribution in [2.45, 2.75) is 52.7 Å². The van der Waals surface area contributed by atoms with E-state index >= 15 is 0 Å². The van der Waals surface area contributed by atoms with E-state index in [1.54, 1.807) is 0 Å². The Labute approximate surface area is 166 Å². The van der Waals surface area contributed by atoms with Gasteiger partial charge >= 0.3 is 5.97 Å². The number of aliphatic carboxylic acids is 1. The van der Waals surface area contributed by atoms with Crippen LogP contribution < -0.4 is 9.47 Å². The van der Waals surface area contributed by atoms with Gasteiger partial charge in [0.1, 0.15) is 5.41 Å². The van der Waals surface area contributed by atoms with Gasteiger partial charge in [-0.05, 0) is 44.4 Å². The van der Waals surface area contributed by atoms with Crippen LogP contribution >= 0.6 is 11.6 Å². The van der Waals surface area contributed by atoms with Crippen LogP contribution in [0.25, 0.3) is 0 Å². The van der Waals surface area contributed by atoms with Crippen molar-refractivity contribution in [2.24, 2.45) is 5.41 Å². The smallest absolute Gasteiger partial charge is 0.313 e. The quantitative estimate of drug-likeness (QED) is 0.660. The van der Waals surface area contributed by atoms with Crippen LogP contribution in [0.5, 0.6) is 11.5 Å². The number of ether oxygens (including phenoxy) is 2. The topological polar surface area (TPSA) is 79.2 Å². The summed E-state index contributed by atoms with van der Waals surface area (Å²) in [4.78, 5) is 14.0. The second-order valence-electron chi connectivity index (χ2n) is 7.00. The maximum Gasteiger partial charge on any atom is 0.313 e. The average Bonchev–Trinajstić information content (AvgIpc) is 2.61. The molecule has 1 aromatic rings. The fourth-order valence-electron chi connectivity index (χ4n) is 3.83. The molecule has 1 aliphatic heterocycles. The maximum atomic E-state index is 11.9. The van der Waals surface area contributed by atoms with Crippen LogP contribution in [-0.2, 0) is 11.3 Å². The van der Waals surface area contributed by atoms with Crippen molar-refractivity contribution in [1.29, 1.82) is 0 Å². The van der Waals surface area contributed by atoms with Gasteiger partial charge in [0.2, 0.25) is 0 Å². The van der Waals surface area contributed by atoms with Crippen molar-refractivity contribution < 1.29 is 24.5 Å². The summed E-state index contributed by atoms with van der Waals surface area (Å²) in [5.74, 6) is 0.197. The minimum absolute atomic E-state index is 0.312. The third kappa shape index (κ3) is 4.86. The van der Waals surface area contributed by atoms with Gasteiger partial charge in [0.05, 0.1) is 24.3 Å². The number of hydrogen-bond donors (Lipinski definition) is 2. The Bertz CT molecular complexity index is 654. The molecule has 2 rings (SSSR count). The number of aliphatic hydroxyl groups excluding tert-OH is 1. The standard InChI is InChI=1S/C20H30ClNO5/c1-4-8-20(19(24)25)13-22(9-7-17(20)23)12-14-10-15(21)18(27-6-3)16(11-14)26-5-2/h10-11,17,23H,4-9,12-13H2,1-3H3,(H,24,25)/t17-,20+/m0/s1. The second kappa shape index (κ2) is 9.62. The molecule has 0 unspecified atom stereocenters. The Morgan fingerprint density at radius 3 is 2.59 bits per heavy atom. The van der Waals surface area contributed by atoms with Gasteiger partial charge in [-0.3, -0.25) is 9.69 Å². The molecular weight excluding hydrogens is 370 g/mol. The van der Waals surface area contributed by atoms with Gasteiger partial charge < -0.3 is 19.7 Å². The first-order valence-electron chi connectivity index (χ1n) is 9.59. The number of carboxylic acids is 1. The SMILES string of the molecule is CCC[C@@]1(C(=O)O)CN(Cc2cc(Cl)c(OCC)c(OCC)c2)CC[C@@H]1O. The molecule has 0 aliphatic carbocycles. The monoisotopic (exact) mass is 399 g/mol. The molecule has 152 valence electrons. The van der Waals surface area contributed by atoms with Gasteiger partial charge in [0.25, 0.3) is 0 Å². The molecule has 1 aromatic carbocycles. The first-order chi connectivity index (χ1) is 12.9. The van der Waals surface area contributed by atoms with Crippen molar-refractivity contribution >= 4 is 17.6 Å². The summed E-state index contributed by atoms with van der Waals surface area (Å²) in [6.45, 7) is 8.19. The van der Waals surface area contributed by atoms with E-state index in [1.165, 1.54) is 0 Å². The number of carbonyl (C=O) groups is 1. The molecule has 0 saturated carbocycles. The lowest BCUT2D eigenvalue weighted by Gasteiger charge is -2.43. The summed E-state index contributed by atoms with van der Waals surface area (Å²) in [5.41, 5.74) is -0.191. The average molecular weight is 400 g/mol. The second-order valence-corrected chi connectivity index (χ2v) is 7.40. The summed E-state index contributed by atoms with van der Waals surface area (Å²) in [5, 5.41) is 20.7. The lowest BCUT2D eigenvalue weighted by molar-refractivity contribution is -0.164. The molecule has 2 atom stereocenters. The van der Waals surface area contributed by atoms with E-state index in [4.69, 9.17) is 21.1 Å². The Morgan fingerprint density at radius 1 is 1.30 bits per heavy atom. The number of nitrogens with zero attached hydrogens (tertiary/aromatic N) is 1. The zero-order chi connectivity index (χ0) is 20.0. The van der Waals surface area contributed by atoms with Gasteiger partial charge in [0, 0.05) is 19.6 Å². The summed E-state index contributed by atoms with van der Waals surface area (Å²) in [6, 6.07) is 3.73. The summed E-state index contributed by atoms with van der Waals surface area (Å²) in [7, 11) is 0. The van der Waals surface area contributed by atoms with Gasteiger partial charge in [-0.15, -0.1) is 0 Å². The van der Waals surface area contributed by atoms with Crippen molar-refractivity contribution in [3.8, 4) is 11.5 Å². The number of rotatable bonds is 9. The zero-order valence-electron chi connectivity index (χ0n) is 16.3. The molecule has 1 aliphatic rings. The highest BCUT2D eigenvalue weighted by Gasteiger charge is 2.48. The Morgan fingerprint density at radius 2 is 2.00 bits per heavy atom. The highest BCUT2D eigenvalue weighted by atomic mass is 35.5. The lowest BCUT2D eigenvalue weighted by Crippen LogP contribution is -2.55. The van der Waals surface area contributed by atoms with Crippen LogP contribution in [0.4, 0.5) is 0 Å². The number of hydrogen-bond acceptors (Lipinski definition) is 5. The third-order valence-electron chi connectivity index (χ3n) is 5.05. The largest absolute Gasteiger partial charge is 0.490 e. The van der Waals surface area contributed by atoms with Gasteiger partial charge in [0.15, 0.2) is 11.5 Å². The summed E-state index contributed by atoms with van der Waals surface area (Å²) < 4.78 is 11.3. The number of halogens is 1. The third-order valence-corrected chi connectivity index (χ3v) is 5.33. The fraction of sp³-hybridized carbons (Fsp3) is 0.650. The van der Waals surface area contributed by atoms with Crippen LogP contribution in [0.15, 0.2) is 12.1 Å². The zero-order valence-corrected chi connectivity index (χ0v) is 17.1. The molecule has 7 heteroatoms. The van der Waals surface area contributed by atoms with Crippen LogP contribution in [0.3, 0.4) is 0 Å². The van der Waals surface area contributed by atoms with Crippen molar-refractivity contribution in [1.82, 2.24) is 4.90 Å². The van der Waals surface area contributed by atoms with E-state index in [2.05, 4.69) is 4.90 Å². The normalized spacial score (nSPS) is 23.2. The van der Waals surface area contributed by atoms with Gasteiger partial charge in [-0.1, -0.05) is 24.9 Å². The van der Waals surface area contributed by atoms with E-state index in [9.17, 15) is 15.0 Å². The molecule has 0 radical (unpaired) electrons. The van der Waals surface area contributed by atoms with E-state index in [0.29, 0.717) is 68.6 Å².